The summed E-state index contributed by atoms with van der Waals surface area (Å²) < 4.78 is 0. The van der Waals surface area contributed by atoms with Crippen molar-refractivity contribution in [2.75, 3.05) is 5.75 Å². The number of thiol groups is 1. The van der Waals surface area contributed by atoms with Gasteiger partial charge in [0, 0.05) is 5.75 Å². The number of hydrogen-bond donors (Lipinski definition) is 1. The summed E-state index contributed by atoms with van der Waals surface area (Å²) in [4.78, 5) is 0. The highest BCUT2D eigenvalue weighted by molar-refractivity contribution is 7.80. The molecule has 0 aromatic heterocycles. The molecule has 1 atom stereocenters. The van der Waals surface area contributed by atoms with Crippen LogP contribution in [0.15, 0.2) is 23.3 Å². The standard InChI is InChI=1S/C11H20S/c1-5-9(2)11(4)10(3)7-6-8-12/h6-7,9,12H,5,8H2,1-4H3/b7-6-,11-10+. The molecule has 0 fully saturated rings. The lowest BCUT2D eigenvalue weighted by Gasteiger charge is -2.11. The third-order valence-corrected chi connectivity index (χ3v) is 2.66. The maximum atomic E-state index is 4.13. The van der Waals surface area contributed by atoms with Crippen LogP contribution in [0.3, 0.4) is 0 Å². The lowest BCUT2D eigenvalue weighted by molar-refractivity contribution is 0.650. The van der Waals surface area contributed by atoms with Crippen molar-refractivity contribution in [3.05, 3.63) is 23.3 Å². The van der Waals surface area contributed by atoms with Gasteiger partial charge in [0.05, 0.1) is 0 Å². The molecular formula is C11H20S. The molecular weight excluding hydrogens is 164 g/mol. The molecule has 1 heteroatoms. The van der Waals surface area contributed by atoms with Gasteiger partial charge in [0.1, 0.15) is 0 Å². The van der Waals surface area contributed by atoms with E-state index in [9.17, 15) is 0 Å². The van der Waals surface area contributed by atoms with E-state index >= 15 is 0 Å². The normalized spacial score (nSPS) is 16.4. The maximum absolute atomic E-state index is 4.13. The Morgan fingerprint density at radius 3 is 2.42 bits per heavy atom. The summed E-state index contributed by atoms with van der Waals surface area (Å²) in [6.07, 6.45) is 5.47. The van der Waals surface area contributed by atoms with E-state index in [2.05, 4.69) is 52.5 Å². The molecule has 1 unspecified atom stereocenters. The van der Waals surface area contributed by atoms with Gasteiger partial charge in [0.2, 0.25) is 0 Å². The average Bonchev–Trinajstić information content (AvgIpc) is 2.11. The highest BCUT2D eigenvalue weighted by atomic mass is 32.1. The maximum Gasteiger partial charge on any atom is 0.00857 e. The van der Waals surface area contributed by atoms with Crippen LogP contribution in [0.4, 0.5) is 0 Å². The molecule has 0 saturated carbocycles. The number of rotatable bonds is 4. The molecule has 0 amide bonds. The fourth-order valence-electron chi connectivity index (χ4n) is 1.06. The molecule has 0 nitrogen and oxygen atoms in total. The molecule has 0 aromatic rings. The lowest BCUT2D eigenvalue weighted by Crippen LogP contribution is -1.95. The van der Waals surface area contributed by atoms with Crippen molar-refractivity contribution < 1.29 is 0 Å². The van der Waals surface area contributed by atoms with Crippen LogP contribution in [0.2, 0.25) is 0 Å². The zero-order valence-electron chi connectivity index (χ0n) is 8.59. The van der Waals surface area contributed by atoms with Gasteiger partial charge in [0.15, 0.2) is 0 Å². The Hall–Kier alpha value is -0.170. The zero-order valence-corrected chi connectivity index (χ0v) is 9.49. The van der Waals surface area contributed by atoms with E-state index in [4.69, 9.17) is 0 Å². The van der Waals surface area contributed by atoms with Gasteiger partial charge in [-0.15, -0.1) is 0 Å². The molecule has 0 N–H and O–H groups in total. The molecule has 0 rings (SSSR count). The summed E-state index contributed by atoms with van der Waals surface area (Å²) in [5.74, 6) is 1.53. The molecule has 0 saturated heterocycles. The van der Waals surface area contributed by atoms with E-state index in [-0.39, 0.29) is 0 Å². The van der Waals surface area contributed by atoms with Gasteiger partial charge in [-0.1, -0.05) is 37.1 Å². The average molecular weight is 184 g/mol. The SMILES string of the molecule is CCC(C)/C(C)=C(C)/C=C\CS. The predicted molar refractivity (Wildman–Crippen MR) is 60.8 cm³/mol. The van der Waals surface area contributed by atoms with E-state index in [1.165, 1.54) is 17.6 Å². The van der Waals surface area contributed by atoms with E-state index in [0.717, 1.165) is 5.75 Å². The Labute approximate surface area is 82.2 Å². The summed E-state index contributed by atoms with van der Waals surface area (Å²) in [6.45, 7) is 8.88. The largest absolute Gasteiger partial charge is 0.175 e. The first-order valence-electron chi connectivity index (χ1n) is 4.58. The van der Waals surface area contributed by atoms with Gasteiger partial charge in [-0.3, -0.25) is 0 Å². The highest BCUT2D eigenvalue weighted by Crippen LogP contribution is 2.18. The van der Waals surface area contributed by atoms with E-state index in [1.807, 2.05) is 0 Å². The second-order valence-electron chi connectivity index (χ2n) is 3.26. The third kappa shape index (κ3) is 4.01. The van der Waals surface area contributed by atoms with Gasteiger partial charge in [0.25, 0.3) is 0 Å². The van der Waals surface area contributed by atoms with Gasteiger partial charge in [-0.25, -0.2) is 0 Å². The van der Waals surface area contributed by atoms with E-state index < -0.39 is 0 Å². The summed E-state index contributed by atoms with van der Waals surface area (Å²) in [7, 11) is 0. The van der Waals surface area contributed by atoms with Crippen molar-refractivity contribution in [3.8, 4) is 0 Å². The molecule has 0 radical (unpaired) electrons. The van der Waals surface area contributed by atoms with Crippen LogP contribution in [0.1, 0.15) is 34.1 Å². The second-order valence-corrected chi connectivity index (χ2v) is 3.63. The lowest BCUT2D eigenvalue weighted by atomic mass is 9.95. The van der Waals surface area contributed by atoms with Crippen molar-refractivity contribution in [1.82, 2.24) is 0 Å². The van der Waals surface area contributed by atoms with E-state index in [1.54, 1.807) is 0 Å². The minimum Gasteiger partial charge on any atom is -0.175 e. The number of hydrogen-bond acceptors (Lipinski definition) is 1. The van der Waals surface area contributed by atoms with Crippen molar-refractivity contribution in [2.45, 2.75) is 34.1 Å². The molecule has 0 aromatic carbocycles. The molecule has 12 heavy (non-hydrogen) atoms. The van der Waals surface area contributed by atoms with Crippen LogP contribution in [0.5, 0.6) is 0 Å². The van der Waals surface area contributed by atoms with E-state index in [0.29, 0.717) is 5.92 Å². The quantitative estimate of drug-likeness (QED) is 0.498. The first-order chi connectivity index (χ1) is 5.63. The number of allylic oxidation sites excluding steroid dienone is 3. The Kier molecular flexibility index (Phi) is 6.27. The Morgan fingerprint density at radius 1 is 1.42 bits per heavy atom. The van der Waals surface area contributed by atoms with Gasteiger partial charge in [-0.05, 0) is 26.2 Å². The summed E-state index contributed by atoms with van der Waals surface area (Å²) >= 11 is 4.13. The monoisotopic (exact) mass is 184 g/mol. The zero-order chi connectivity index (χ0) is 9.56. The first kappa shape index (κ1) is 11.8. The molecule has 70 valence electrons. The molecule has 0 spiro atoms. The third-order valence-electron chi connectivity index (χ3n) is 2.45. The first-order valence-corrected chi connectivity index (χ1v) is 5.21. The van der Waals surface area contributed by atoms with Crippen LogP contribution in [0, 0.1) is 5.92 Å². The predicted octanol–water partition coefficient (Wildman–Crippen LogP) is 3.85. The molecule has 0 aliphatic rings. The topological polar surface area (TPSA) is 0 Å². The molecule has 0 aliphatic carbocycles. The van der Waals surface area contributed by atoms with Gasteiger partial charge < -0.3 is 0 Å². The minimum absolute atomic E-state index is 0.703. The van der Waals surface area contributed by atoms with Crippen molar-refractivity contribution >= 4 is 12.6 Å². The van der Waals surface area contributed by atoms with Gasteiger partial charge in [-0.2, -0.15) is 12.6 Å². The summed E-state index contributed by atoms with van der Waals surface area (Å²) in [5, 5.41) is 0. The van der Waals surface area contributed by atoms with Crippen LogP contribution >= 0.6 is 12.6 Å². The van der Waals surface area contributed by atoms with Crippen LogP contribution in [-0.4, -0.2) is 5.75 Å². The Morgan fingerprint density at radius 2 is 2.00 bits per heavy atom. The minimum atomic E-state index is 0.703. The van der Waals surface area contributed by atoms with Crippen molar-refractivity contribution in [1.29, 1.82) is 0 Å². The summed E-state index contributed by atoms with van der Waals surface area (Å²) in [5.41, 5.74) is 2.88. The van der Waals surface area contributed by atoms with Crippen LogP contribution in [0.25, 0.3) is 0 Å². The van der Waals surface area contributed by atoms with Crippen molar-refractivity contribution in [2.24, 2.45) is 5.92 Å². The second kappa shape index (κ2) is 6.36. The van der Waals surface area contributed by atoms with Crippen LogP contribution in [-0.2, 0) is 0 Å². The smallest absolute Gasteiger partial charge is 0.00857 e. The Bertz CT molecular complexity index is 177. The van der Waals surface area contributed by atoms with Crippen molar-refractivity contribution in [3.63, 3.8) is 0 Å². The molecule has 0 bridgehead atoms. The Balaban J connectivity index is 4.34. The van der Waals surface area contributed by atoms with Crippen LogP contribution < -0.4 is 0 Å². The molecule has 0 heterocycles. The fraction of sp³-hybridized carbons (Fsp3) is 0.636. The fourth-order valence-corrected chi connectivity index (χ4v) is 1.16. The highest BCUT2D eigenvalue weighted by Gasteiger charge is 2.02. The molecule has 0 aliphatic heterocycles. The summed E-state index contributed by atoms with van der Waals surface area (Å²) in [6, 6.07) is 0. The van der Waals surface area contributed by atoms with Gasteiger partial charge >= 0.3 is 0 Å².